The average molecular weight is 303 g/mol. The predicted molar refractivity (Wildman–Crippen MR) is 89.4 cm³/mol. The molecule has 1 atom stereocenters. The Morgan fingerprint density at radius 2 is 2.00 bits per heavy atom. The Bertz CT molecular complexity index is 644. The summed E-state index contributed by atoms with van der Waals surface area (Å²) in [6.45, 7) is 0. The quantitative estimate of drug-likeness (QED) is 0.730. The Kier molecular flexibility index (Phi) is 4.71. The second-order valence-electron chi connectivity index (χ2n) is 5.78. The minimum absolute atomic E-state index is 0.151. The Morgan fingerprint density at radius 1 is 1.14 bits per heavy atom. The van der Waals surface area contributed by atoms with Gasteiger partial charge in [0, 0.05) is 9.58 Å². The van der Waals surface area contributed by atoms with E-state index in [2.05, 4.69) is 17.5 Å². The number of hydrogen-bond acceptors (Lipinski definition) is 2. The number of likely N-dealkylation sites (N-methyl/N-ethyl adjacent to an activating group) is 1. The number of allylic oxidation sites excluding steroid dienone is 1. The Labute approximate surface area is 129 Å². The smallest absolute Gasteiger partial charge is 0.124 e. The van der Waals surface area contributed by atoms with Crippen molar-refractivity contribution >= 4 is 21.4 Å². The van der Waals surface area contributed by atoms with Crippen molar-refractivity contribution in [2.75, 3.05) is 7.05 Å². The van der Waals surface area contributed by atoms with Crippen molar-refractivity contribution < 1.29 is 4.39 Å². The zero-order valence-electron chi connectivity index (χ0n) is 12.5. The molecule has 1 aromatic heterocycles. The van der Waals surface area contributed by atoms with Crippen LogP contribution < -0.4 is 5.32 Å². The zero-order valence-corrected chi connectivity index (χ0v) is 13.3. The van der Waals surface area contributed by atoms with Crippen molar-refractivity contribution in [3.05, 3.63) is 46.6 Å². The molecule has 0 saturated heterocycles. The first-order chi connectivity index (χ1) is 10.3. The normalized spacial score (nSPS) is 20.6. The molecule has 1 aliphatic rings. The molecule has 1 nitrogen and oxygen atoms in total. The molecule has 21 heavy (non-hydrogen) atoms. The number of halogens is 1. The summed E-state index contributed by atoms with van der Waals surface area (Å²) in [5, 5.41) is 4.60. The van der Waals surface area contributed by atoms with Crippen molar-refractivity contribution in [2.24, 2.45) is 0 Å². The molecule has 0 fully saturated rings. The highest BCUT2D eigenvalue weighted by molar-refractivity contribution is 7.19. The SMILES string of the molecule is CNC(/C1=C/CCCCCC1)c1cc2ccc(F)cc2s1. The summed E-state index contributed by atoms with van der Waals surface area (Å²) < 4.78 is 14.4. The van der Waals surface area contributed by atoms with Crippen LogP contribution >= 0.6 is 11.3 Å². The monoisotopic (exact) mass is 303 g/mol. The first-order valence-electron chi connectivity index (χ1n) is 7.83. The van der Waals surface area contributed by atoms with Gasteiger partial charge in [-0.3, -0.25) is 0 Å². The number of nitrogens with one attached hydrogen (secondary N) is 1. The van der Waals surface area contributed by atoms with Crippen LogP contribution in [0.4, 0.5) is 4.39 Å². The third-order valence-corrected chi connectivity index (χ3v) is 5.43. The largest absolute Gasteiger partial charge is 0.309 e. The van der Waals surface area contributed by atoms with Crippen LogP contribution in [0.5, 0.6) is 0 Å². The fourth-order valence-electron chi connectivity index (χ4n) is 3.16. The fourth-order valence-corrected chi connectivity index (χ4v) is 4.40. The summed E-state index contributed by atoms with van der Waals surface area (Å²) in [5.41, 5.74) is 1.50. The van der Waals surface area contributed by atoms with E-state index in [4.69, 9.17) is 0 Å². The van der Waals surface area contributed by atoms with Crippen LogP contribution in [0.15, 0.2) is 35.9 Å². The Hall–Kier alpha value is -1.19. The van der Waals surface area contributed by atoms with Gasteiger partial charge in [0.05, 0.1) is 6.04 Å². The highest BCUT2D eigenvalue weighted by atomic mass is 32.1. The molecule has 0 bridgehead atoms. The standard InChI is InChI=1S/C18H22FNS/c1-20-18(13-7-5-3-2-4-6-8-13)17-11-14-9-10-15(19)12-16(14)21-17/h7,9-12,18,20H,2-6,8H2,1H3/b13-7+. The molecule has 112 valence electrons. The third-order valence-electron chi connectivity index (χ3n) is 4.27. The second kappa shape index (κ2) is 6.71. The Balaban J connectivity index is 1.93. The van der Waals surface area contributed by atoms with Gasteiger partial charge in [-0.05, 0) is 56.3 Å². The van der Waals surface area contributed by atoms with Crippen LogP contribution in [0.3, 0.4) is 0 Å². The van der Waals surface area contributed by atoms with Crippen molar-refractivity contribution in [2.45, 2.75) is 44.6 Å². The first kappa shape index (κ1) is 14.7. The van der Waals surface area contributed by atoms with E-state index >= 15 is 0 Å². The van der Waals surface area contributed by atoms with Crippen molar-refractivity contribution in [1.82, 2.24) is 5.32 Å². The van der Waals surface area contributed by atoms with Crippen LogP contribution in [0, 0.1) is 5.82 Å². The van der Waals surface area contributed by atoms with Gasteiger partial charge in [-0.15, -0.1) is 11.3 Å². The van der Waals surface area contributed by atoms with E-state index in [1.54, 1.807) is 23.5 Å². The van der Waals surface area contributed by atoms with E-state index in [0.717, 1.165) is 10.1 Å². The number of rotatable bonds is 3. The second-order valence-corrected chi connectivity index (χ2v) is 6.90. The molecular formula is C18H22FNS. The van der Waals surface area contributed by atoms with Crippen molar-refractivity contribution in [3.63, 3.8) is 0 Å². The maximum Gasteiger partial charge on any atom is 0.124 e. The van der Waals surface area contributed by atoms with E-state index in [0.29, 0.717) is 0 Å². The van der Waals surface area contributed by atoms with Crippen LogP contribution in [0.2, 0.25) is 0 Å². The first-order valence-corrected chi connectivity index (χ1v) is 8.65. The highest BCUT2D eigenvalue weighted by Crippen LogP contribution is 2.36. The molecule has 2 aromatic rings. The summed E-state index contributed by atoms with van der Waals surface area (Å²) >= 11 is 1.71. The number of hydrogen-bond donors (Lipinski definition) is 1. The van der Waals surface area contributed by atoms with Gasteiger partial charge in [0.15, 0.2) is 0 Å². The molecular weight excluding hydrogens is 281 g/mol. The lowest BCUT2D eigenvalue weighted by molar-refractivity contribution is 0.578. The van der Waals surface area contributed by atoms with Gasteiger partial charge < -0.3 is 5.32 Å². The number of fused-ring (bicyclic) bond motifs is 1. The lowest BCUT2D eigenvalue weighted by Crippen LogP contribution is -2.18. The minimum Gasteiger partial charge on any atom is -0.309 e. The van der Waals surface area contributed by atoms with Crippen LogP contribution in [-0.4, -0.2) is 7.05 Å². The summed E-state index contributed by atoms with van der Waals surface area (Å²) in [4.78, 5) is 1.30. The number of thiophene rings is 1. The van der Waals surface area contributed by atoms with E-state index in [1.807, 2.05) is 13.1 Å². The van der Waals surface area contributed by atoms with Gasteiger partial charge >= 0.3 is 0 Å². The molecule has 3 rings (SSSR count). The van der Waals surface area contributed by atoms with Crippen LogP contribution in [0.1, 0.15) is 49.4 Å². The van der Waals surface area contributed by atoms with Crippen molar-refractivity contribution in [3.8, 4) is 0 Å². The van der Waals surface area contributed by atoms with Crippen LogP contribution in [-0.2, 0) is 0 Å². The molecule has 0 saturated carbocycles. The van der Waals surface area contributed by atoms with E-state index in [-0.39, 0.29) is 11.9 Å². The topological polar surface area (TPSA) is 12.0 Å². The third kappa shape index (κ3) is 3.35. The summed E-state index contributed by atoms with van der Waals surface area (Å²) in [5.74, 6) is -0.151. The lowest BCUT2D eigenvalue weighted by atomic mass is 9.94. The van der Waals surface area contributed by atoms with Gasteiger partial charge in [-0.2, -0.15) is 0 Å². The molecule has 0 aliphatic heterocycles. The summed E-state index contributed by atoms with van der Waals surface area (Å²) in [6, 6.07) is 7.55. The van der Waals surface area contributed by atoms with Crippen LogP contribution in [0.25, 0.3) is 10.1 Å². The van der Waals surface area contributed by atoms with E-state index in [9.17, 15) is 4.39 Å². The van der Waals surface area contributed by atoms with Gasteiger partial charge in [-0.1, -0.05) is 30.6 Å². The molecule has 3 heteroatoms. The lowest BCUT2D eigenvalue weighted by Gasteiger charge is -2.20. The summed E-state index contributed by atoms with van der Waals surface area (Å²) in [7, 11) is 2.02. The number of benzene rings is 1. The maximum absolute atomic E-state index is 13.4. The van der Waals surface area contributed by atoms with Gasteiger partial charge in [-0.25, -0.2) is 4.39 Å². The van der Waals surface area contributed by atoms with Crippen molar-refractivity contribution in [1.29, 1.82) is 0 Å². The van der Waals surface area contributed by atoms with Gasteiger partial charge in [0.25, 0.3) is 0 Å². The minimum atomic E-state index is -0.151. The predicted octanol–water partition coefficient (Wildman–Crippen LogP) is 5.58. The van der Waals surface area contributed by atoms with Gasteiger partial charge in [0.2, 0.25) is 0 Å². The highest BCUT2D eigenvalue weighted by Gasteiger charge is 2.18. The molecule has 1 unspecified atom stereocenters. The average Bonchev–Trinajstić information content (AvgIpc) is 2.84. The molecule has 1 N–H and O–H groups in total. The molecule has 1 aliphatic carbocycles. The molecule has 0 spiro atoms. The molecule has 1 heterocycles. The van der Waals surface area contributed by atoms with Gasteiger partial charge in [0.1, 0.15) is 5.82 Å². The van der Waals surface area contributed by atoms with E-state index in [1.165, 1.54) is 49.0 Å². The summed E-state index contributed by atoms with van der Waals surface area (Å²) in [6.07, 6.45) is 10.1. The molecule has 1 aromatic carbocycles. The zero-order chi connectivity index (χ0) is 14.7. The maximum atomic E-state index is 13.4. The molecule has 0 amide bonds. The molecule has 0 radical (unpaired) electrons. The Morgan fingerprint density at radius 3 is 2.86 bits per heavy atom. The van der Waals surface area contributed by atoms with E-state index < -0.39 is 0 Å². The fraction of sp³-hybridized carbons (Fsp3) is 0.444.